The SMILES string of the molecule is CCCN(Cc1ncc(-c2ccc3c(c2)Nc2ccc(-c4cnc(CN(CCC)C(=O)CNC(=O)OC)[nH]4)cc2S3)[nH]1)C(=O)CNC(=O)OC. The molecule has 264 valence electrons. The molecule has 0 saturated heterocycles. The standard InChI is InChI=1S/C34H41N9O6S/c1-5-11-42(31(44)17-37-33(46)48-3)19-29-35-15-25(40-29)21-8-10-27-24(13-21)39-23-9-7-22(14-28(23)50-27)26-16-36-30(41-26)20-43(12-6-2)32(45)18-38-34(47)49-4/h7-10,13-16,39H,5-6,11-12,17-20H2,1-4H3,(H,35,40)(H,36,41)(H,37,46)(H,38,47). The third-order valence-corrected chi connectivity index (χ3v) is 8.98. The molecule has 0 fully saturated rings. The second-order valence-electron chi connectivity index (χ2n) is 11.5. The van der Waals surface area contributed by atoms with Crippen molar-refractivity contribution in [1.29, 1.82) is 0 Å². The van der Waals surface area contributed by atoms with Crippen LogP contribution >= 0.6 is 11.8 Å². The van der Waals surface area contributed by atoms with E-state index in [1.54, 1.807) is 34.0 Å². The monoisotopic (exact) mass is 703 g/mol. The lowest BCUT2D eigenvalue weighted by molar-refractivity contribution is -0.131. The number of carbonyl (C=O) groups excluding carboxylic acids is 4. The second kappa shape index (κ2) is 16.7. The molecule has 5 N–H and O–H groups in total. The van der Waals surface area contributed by atoms with E-state index in [-0.39, 0.29) is 38.0 Å². The van der Waals surface area contributed by atoms with Gasteiger partial charge in [-0.3, -0.25) is 9.59 Å². The van der Waals surface area contributed by atoms with Crippen LogP contribution in [-0.4, -0.2) is 94.1 Å². The molecule has 4 aromatic rings. The van der Waals surface area contributed by atoms with Crippen molar-refractivity contribution in [3.63, 3.8) is 0 Å². The number of nitrogens with zero attached hydrogens (tertiary/aromatic N) is 4. The quantitative estimate of drug-likeness (QED) is 0.107. The van der Waals surface area contributed by atoms with E-state index in [0.29, 0.717) is 24.7 Å². The molecule has 0 atom stereocenters. The molecule has 2 aromatic carbocycles. The zero-order valence-electron chi connectivity index (χ0n) is 28.4. The van der Waals surface area contributed by atoms with E-state index in [1.165, 1.54) is 14.2 Å². The number of hydrogen-bond acceptors (Lipinski definition) is 10. The first kappa shape index (κ1) is 35.8. The Kier molecular flexibility index (Phi) is 12.0. The number of imidazole rings is 2. The first-order valence-corrected chi connectivity index (χ1v) is 17.0. The van der Waals surface area contributed by atoms with Crippen LogP contribution in [0.5, 0.6) is 0 Å². The van der Waals surface area contributed by atoms with E-state index in [0.717, 1.165) is 56.5 Å². The number of H-pyrrole nitrogens is 2. The highest BCUT2D eigenvalue weighted by Crippen LogP contribution is 2.46. The molecule has 4 amide bonds. The number of ether oxygens (including phenoxy) is 2. The fourth-order valence-corrected chi connectivity index (χ4v) is 6.36. The number of amides is 4. The van der Waals surface area contributed by atoms with Crippen LogP contribution in [0.3, 0.4) is 0 Å². The fourth-order valence-electron chi connectivity index (χ4n) is 5.35. The summed E-state index contributed by atoms with van der Waals surface area (Å²) in [6, 6.07) is 12.3. The maximum atomic E-state index is 12.7. The van der Waals surface area contributed by atoms with Gasteiger partial charge in [-0.05, 0) is 37.1 Å². The number of nitrogens with one attached hydrogen (secondary N) is 5. The minimum atomic E-state index is -0.654. The summed E-state index contributed by atoms with van der Waals surface area (Å²) in [6.07, 6.45) is 3.73. The number of aromatic nitrogens is 4. The molecule has 1 aliphatic heterocycles. The smallest absolute Gasteiger partial charge is 0.407 e. The van der Waals surface area contributed by atoms with Gasteiger partial charge in [0.05, 0.1) is 62.5 Å². The molecule has 16 heteroatoms. The van der Waals surface area contributed by atoms with E-state index in [4.69, 9.17) is 0 Å². The summed E-state index contributed by atoms with van der Waals surface area (Å²) in [4.78, 5) is 69.3. The maximum Gasteiger partial charge on any atom is 0.407 e. The van der Waals surface area contributed by atoms with Gasteiger partial charge in [0.25, 0.3) is 0 Å². The Hall–Kier alpha value is -5.51. The number of benzene rings is 2. The molecule has 0 saturated carbocycles. The van der Waals surface area contributed by atoms with Crippen molar-refractivity contribution in [2.24, 2.45) is 0 Å². The van der Waals surface area contributed by atoms with Gasteiger partial charge in [0.15, 0.2) is 0 Å². The van der Waals surface area contributed by atoms with Crippen LogP contribution in [-0.2, 0) is 32.2 Å². The van der Waals surface area contributed by atoms with Gasteiger partial charge >= 0.3 is 12.2 Å². The molecular formula is C34H41N9O6S. The number of fused-ring (bicyclic) bond motifs is 2. The predicted molar refractivity (Wildman–Crippen MR) is 188 cm³/mol. The molecule has 1 aliphatic rings. The van der Waals surface area contributed by atoms with Gasteiger partial charge in [-0.15, -0.1) is 0 Å². The molecule has 15 nitrogen and oxygen atoms in total. The lowest BCUT2D eigenvalue weighted by Crippen LogP contribution is -2.40. The number of methoxy groups -OCH3 is 2. The Balaban J connectivity index is 1.23. The fraction of sp³-hybridized carbons (Fsp3) is 0.353. The highest BCUT2D eigenvalue weighted by Gasteiger charge is 2.21. The van der Waals surface area contributed by atoms with Crippen LogP contribution in [0, 0.1) is 0 Å². The van der Waals surface area contributed by atoms with Crippen molar-refractivity contribution in [1.82, 2.24) is 40.4 Å². The Labute approximate surface area is 293 Å². The zero-order chi connectivity index (χ0) is 35.6. The van der Waals surface area contributed by atoms with E-state index < -0.39 is 12.2 Å². The molecule has 5 rings (SSSR count). The van der Waals surface area contributed by atoms with Crippen LogP contribution in [0.15, 0.2) is 58.6 Å². The van der Waals surface area contributed by atoms with E-state index in [1.807, 2.05) is 32.0 Å². The number of carbonyl (C=O) groups is 4. The molecule has 3 heterocycles. The molecule has 2 aromatic heterocycles. The van der Waals surface area contributed by atoms with Crippen LogP contribution in [0.2, 0.25) is 0 Å². The van der Waals surface area contributed by atoms with E-state index >= 15 is 0 Å². The zero-order valence-corrected chi connectivity index (χ0v) is 29.2. The van der Waals surface area contributed by atoms with Crippen molar-refractivity contribution >= 4 is 47.1 Å². The minimum absolute atomic E-state index is 0.153. The number of anilines is 2. The van der Waals surface area contributed by atoms with Crippen LogP contribution in [0.25, 0.3) is 22.5 Å². The third-order valence-electron chi connectivity index (χ3n) is 7.84. The van der Waals surface area contributed by atoms with Crippen molar-refractivity contribution in [3.05, 3.63) is 60.4 Å². The summed E-state index contributed by atoms with van der Waals surface area (Å²) in [5.74, 6) is 0.832. The average molecular weight is 704 g/mol. The lowest BCUT2D eigenvalue weighted by Gasteiger charge is -2.22. The van der Waals surface area contributed by atoms with E-state index in [2.05, 4.69) is 63.6 Å². The molecule has 0 spiro atoms. The molecule has 0 bridgehead atoms. The van der Waals surface area contributed by atoms with Gasteiger partial charge in [0, 0.05) is 34.0 Å². The summed E-state index contributed by atoms with van der Waals surface area (Å²) < 4.78 is 9.12. The Morgan fingerprint density at radius 3 is 1.76 bits per heavy atom. The molecular weight excluding hydrogens is 662 g/mol. The maximum absolute atomic E-state index is 12.7. The predicted octanol–water partition coefficient (Wildman–Crippen LogP) is 4.86. The first-order valence-electron chi connectivity index (χ1n) is 16.2. The van der Waals surface area contributed by atoms with Crippen LogP contribution in [0.1, 0.15) is 38.3 Å². The summed E-state index contributed by atoms with van der Waals surface area (Å²) in [5, 5.41) is 8.42. The minimum Gasteiger partial charge on any atom is -0.453 e. The van der Waals surface area contributed by atoms with Crippen molar-refractivity contribution in [2.75, 3.05) is 45.7 Å². The summed E-state index contributed by atoms with van der Waals surface area (Å²) in [7, 11) is 2.51. The number of aromatic amines is 2. The van der Waals surface area contributed by atoms with Crippen LogP contribution < -0.4 is 16.0 Å². The molecule has 0 unspecified atom stereocenters. The summed E-state index contributed by atoms with van der Waals surface area (Å²) >= 11 is 1.66. The van der Waals surface area contributed by atoms with Crippen molar-refractivity contribution < 1.29 is 28.7 Å². The Morgan fingerprint density at radius 1 is 0.720 bits per heavy atom. The highest BCUT2D eigenvalue weighted by molar-refractivity contribution is 7.99. The molecule has 0 aliphatic carbocycles. The van der Waals surface area contributed by atoms with Gasteiger partial charge in [0.2, 0.25) is 11.8 Å². The van der Waals surface area contributed by atoms with Gasteiger partial charge in [-0.2, -0.15) is 0 Å². The summed E-state index contributed by atoms with van der Waals surface area (Å²) in [6.45, 7) is 5.28. The van der Waals surface area contributed by atoms with Gasteiger partial charge in [0.1, 0.15) is 24.7 Å². The topological polar surface area (TPSA) is 187 Å². The van der Waals surface area contributed by atoms with Crippen LogP contribution in [0.4, 0.5) is 21.0 Å². The highest BCUT2D eigenvalue weighted by atomic mass is 32.2. The second-order valence-corrected chi connectivity index (χ2v) is 12.5. The normalized spacial score (nSPS) is 11.4. The van der Waals surface area contributed by atoms with Gasteiger partial charge < -0.3 is 45.2 Å². The van der Waals surface area contributed by atoms with Crippen molar-refractivity contribution in [3.8, 4) is 22.5 Å². The summed E-state index contributed by atoms with van der Waals surface area (Å²) in [5.41, 5.74) is 5.49. The number of rotatable bonds is 14. The van der Waals surface area contributed by atoms with E-state index in [9.17, 15) is 19.2 Å². The number of alkyl carbamates (subject to hydrolysis) is 2. The van der Waals surface area contributed by atoms with Crippen molar-refractivity contribution in [2.45, 2.75) is 49.6 Å². The number of hydrogen-bond donors (Lipinski definition) is 5. The average Bonchev–Trinajstić information content (AvgIpc) is 3.81. The molecule has 50 heavy (non-hydrogen) atoms. The Morgan fingerprint density at radius 2 is 1.24 bits per heavy atom. The first-order chi connectivity index (χ1) is 24.2. The largest absolute Gasteiger partial charge is 0.453 e. The molecule has 0 radical (unpaired) electrons. The van der Waals surface area contributed by atoms with Gasteiger partial charge in [-0.25, -0.2) is 19.6 Å². The third kappa shape index (κ3) is 8.93. The Bertz CT molecular complexity index is 1710. The lowest BCUT2D eigenvalue weighted by atomic mass is 10.1. The van der Waals surface area contributed by atoms with Gasteiger partial charge in [-0.1, -0.05) is 37.7 Å².